The zero-order chi connectivity index (χ0) is 13.4. The maximum Gasteiger partial charge on any atom is 0.118 e. The van der Waals surface area contributed by atoms with Crippen LogP contribution in [0, 0.1) is 0 Å². The molecule has 0 saturated carbocycles. The molecule has 0 radical (unpaired) electrons. The van der Waals surface area contributed by atoms with E-state index in [1.54, 1.807) is 0 Å². The Labute approximate surface area is 110 Å². The molecule has 1 saturated heterocycles. The molecule has 1 aliphatic heterocycles. The Balaban J connectivity index is 2.18. The zero-order valence-corrected chi connectivity index (χ0v) is 12.2. The molecule has 0 bridgehead atoms. The van der Waals surface area contributed by atoms with Crippen molar-refractivity contribution in [2.45, 2.75) is 58.7 Å². The Kier molecular flexibility index (Phi) is 3.56. The van der Waals surface area contributed by atoms with E-state index in [1.807, 2.05) is 0 Å². The van der Waals surface area contributed by atoms with Crippen LogP contribution in [0.4, 0.5) is 0 Å². The number of ether oxygens (including phenoxy) is 1. The molecule has 3 nitrogen and oxygen atoms in total. The fourth-order valence-corrected chi connectivity index (χ4v) is 2.81. The van der Waals surface area contributed by atoms with E-state index in [4.69, 9.17) is 9.15 Å². The van der Waals surface area contributed by atoms with Crippen LogP contribution in [-0.4, -0.2) is 29.2 Å². The van der Waals surface area contributed by atoms with E-state index < -0.39 is 0 Å². The molecule has 2 heterocycles. The molecule has 102 valence electrons. The summed E-state index contributed by atoms with van der Waals surface area (Å²) >= 11 is 0. The Morgan fingerprint density at radius 2 is 1.61 bits per heavy atom. The first-order valence-corrected chi connectivity index (χ1v) is 6.78. The summed E-state index contributed by atoms with van der Waals surface area (Å²) < 4.78 is 11.6. The molecule has 2 rings (SSSR count). The molecule has 0 aliphatic carbocycles. The van der Waals surface area contributed by atoms with Gasteiger partial charge in [0.15, 0.2) is 0 Å². The quantitative estimate of drug-likeness (QED) is 0.824. The normalized spacial score (nSPS) is 23.2. The minimum atomic E-state index is 0.0426. The maximum absolute atomic E-state index is 5.84. The molecule has 0 amide bonds. The first-order chi connectivity index (χ1) is 8.35. The third-order valence-corrected chi connectivity index (χ3v) is 3.75. The van der Waals surface area contributed by atoms with Crippen LogP contribution in [0.3, 0.4) is 0 Å². The van der Waals surface area contributed by atoms with Crippen LogP contribution >= 0.6 is 0 Å². The van der Waals surface area contributed by atoms with Crippen LogP contribution in [0.1, 0.15) is 46.1 Å². The van der Waals surface area contributed by atoms with Crippen LogP contribution in [-0.2, 0) is 17.7 Å². The van der Waals surface area contributed by atoms with Crippen LogP contribution in [0.15, 0.2) is 16.5 Å². The van der Waals surface area contributed by atoms with Gasteiger partial charge in [-0.05, 0) is 39.8 Å². The van der Waals surface area contributed by atoms with Crippen molar-refractivity contribution >= 4 is 0 Å². The molecular formula is C15H25NO2. The molecular weight excluding hydrogens is 226 g/mol. The summed E-state index contributed by atoms with van der Waals surface area (Å²) in [5.41, 5.74) is 0.0852. The number of morpholine rings is 1. The monoisotopic (exact) mass is 251 g/mol. The molecule has 0 unspecified atom stereocenters. The predicted molar refractivity (Wildman–Crippen MR) is 72.6 cm³/mol. The van der Waals surface area contributed by atoms with E-state index >= 15 is 0 Å². The van der Waals surface area contributed by atoms with Gasteiger partial charge in [-0.25, -0.2) is 0 Å². The van der Waals surface area contributed by atoms with E-state index in [2.05, 4.69) is 51.7 Å². The summed E-state index contributed by atoms with van der Waals surface area (Å²) in [6, 6.07) is 4.18. The van der Waals surface area contributed by atoms with Gasteiger partial charge in [-0.2, -0.15) is 0 Å². The van der Waals surface area contributed by atoms with E-state index in [-0.39, 0.29) is 11.1 Å². The predicted octanol–water partition coefficient (Wildman–Crippen LogP) is 3.23. The summed E-state index contributed by atoms with van der Waals surface area (Å²) in [7, 11) is 0. The Hall–Kier alpha value is -0.800. The standard InChI is InChI=1S/C15H25NO2/c1-6-12-7-8-13(18-12)9-16-14(2,3)10-17-11-15(16,4)5/h7-8H,6,9-11H2,1-5H3. The minimum Gasteiger partial charge on any atom is -0.465 e. The van der Waals surface area contributed by atoms with Crippen molar-refractivity contribution in [3.8, 4) is 0 Å². The summed E-state index contributed by atoms with van der Waals surface area (Å²) in [6.45, 7) is 13.5. The van der Waals surface area contributed by atoms with E-state index in [1.165, 1.54) is 0 Å². The molecule has 3 heteroatoms. The van der Waals surface area contributed by atoms with Gasteiger partial charge in [-0.15, -0.1) is 0 Å². The molecule has 1 aliphatic rings. The van der Waals surface area contributed by atoms with E-state index in [9.17, 15) is 0 Å². The molecule has 0 atom stereocenters. The van der Waals surface area contributed by atoms with Crippen LogP contribution in [0.2, 0.25) is 0 Å². The van der Waals surface area contributed by atoms with Crippen molar-refractivity contribution < 1.29 is 9.15 Å². The lowest BCUT2D eigenvalue weighted by Crippen LogP contribution is -2.62. The summed E-state index contributed by atoms with van der Waals surface area (Å²) in [6.07, 6.45) is 0.954. The van der Waals surface area contributed by atoms with Crippen molar-refractivity contribution in [3.05, 3.63) is 23.7 Å². The minimum absolute atomic E-state index is 0.0426. The van der Waals surface area contributed by atoms with Crippen LogP contribution in [0.5, 0.6) is 0 Å². The first kappa shape index (κ1) is 13.6. The lowest BCUT2D eigenvalue weighted by Gasteiger charge is -2.52. The van der Waals surface area contributed by atoms with Gasteiger partial charge in [0.05, 0.1) is 19.8 Å². The highest BCUT2D eigenvalue weighted by atomic mass is 16.5. The zero-order valence-electron chi connectivity index (χ0n) is 12.2. The highest BCUT2D eigenvalue weighted by Crippen LogP contribution is 2.32. The van der Waals surface area contributed by atoms with Crippen molar-refractivity contribution in [2.24, 2.45) is 0 Å². The molecule has 0 spiro atoms. The first-order valence-electron chi connectivity index (χ1n) is 6.78. The summed E-state index contributed by atoms with van der Waals surface area (Å²) in [5.74, 6) is 2.11. The third-order valence-electron chi connectivity index (χ3n) is 3.75. The number of hydrogen-bond donors (Lipinski definition) is 0. The Morgan fingerprint density at radius 1 is 1.06 bits per heavy atom. The maximum atomic E-state index is 5.84. The van der Waals surface area contributed by atoms with Gasteiger partial charge in [0.1, 0.15) is 11.5 Å². The van der Waals surface area contributed by atoms with Crippen molar-refractivity contribution in [3.63, 3.8) is 0 Å². The van der Waals surface area contributed by atoms with Gasteiger partial charge < -0.3 is 9.15 Å². The Bertz CT molecular complexity index is 390. The number of hydrogen-bond acceptors (Lipinski definition) is 3. The van der Waals surface area contributed by atoms with Crippen LogP contribution in [0.25, 0.3) is 0 Å². The SMILES string of the molecule is CCc1ccc(CN2C(C)(C)COCC2(C)C)o1. The highest BCUT2D eigenvalue weighted by Gasteiger charge is 2.42. The topological polar surface area (TPSA) is 25.6 Å². The number of furan rings is 1. The van der Waals surface area contributed by atoms with E-state index in [0.717, 1.165) is 37.7 Å². The second kappa shape index (κ2) is 4.71. The molecule has 0 aromatic carbocycles. The number of rotatable bonds is 3. The van der Waals surface area contributed by atoms with Crippen molar-refractivity contribution in [1.29, 1.82) is 0 Å². The van der Waals surface area contributed by atoms with Gasteiger partial charge in [-0.1, -0.05) is 6.92 Å². The number of aryl methyl sites for hydroxylation is 1. The molecule has 18 heavy (non-hydrogen) atoms. The van der Waals surface area contributed by atoms with Gasteiger partial charge in [0, 0.05) is 17.5 Å². The molecule has 0 N–H and O–H groups in total. The second-order valence-corrected chi connectivity index (χ2v) is 6.43. The lowest BCUT2D eigenvalue weighted by molar-refractivity contribution is -0.133. The van der Waals surface area contributed by atoms with Gasteiger partial charge in [-0.3, -0.25) is 4.90 Å². The van der Waals surface area contributed by atoms with Crippen molar-refractivity contribution in [1.82, 2.24) is 4.90 Å². The fourth-order valence-electron chi connectivity index (χ4n) is 2.81. The van der Waals surface area contributed by atoms with Gasteiger partial charge >= 0.3 is 0 Å². The lowest BCUT2D eigenvalue weighted by atomic mass is 9.91. The van der Waals surface area contributed by atoms with Gasteiger partial charge in [0.25, 0.3) is 0 Å². The average Bonchev–Trinajstić information content (AvgIpc) is 2.71. The summed E-state index contributed by atoms with van der Waals surface area (Å²) in [4.78, 5) is 2.49. The molecule has 1 fully saturated rings. The average molecular weight is 251 g/mol. The Morgan fingerprint density at radius 3 is 2.11 bits per heavy atom. The fraction of sp³-hybridized carbons (Fsp3) is 0.733. The van der Waals surface area contributed by atoms with E-state index in [0.29, 0.717) is 0 Å². The van der Waals surface area contributed by atoms with Gasteiger partial charge in [0.2, 0.25) is 0 Å². The van der Waals surface area contributed by atoms with Crippen LogP contribution < -0.4 is 0 Å². The largest absolute Gasteiger partial charge is 0.465 e. The smallest absolute Gasteiger partial charge is 0.118 e. The summed E-state index contributed by atoms with van der Waals surface area (Å²) in [5, 5.41) is 0. The third kappa shape index (κ3) is 2.62. The highest BCUT2D eigenvalue weighted by molar-refractivity contribution is 5.09. The molecule has 1 aromatic rings. The van der Waals surface area contributed by atoms with Crippen molar-refractivity contribution in [2.75, 3.05) is 13.2 Å². The number of nitrogens with zero attached hydrogens (tertiary/aromatic N) is 1. The second-order valence-electron chi connectivity index (χ2n) is 6.43. The molecule has 1 aromatic heterocycles.